The van der Waals surface area contributed by atoms with E-state index in [0.717, 1.165) is 0 Å². The van der Waals surface area contributed by atoms with E-state index in [1.54, 1.807) is 0 Å². The summed E-state index contributed by atoms with van der Waals surface area (Å²) in [5.74, 6) is -0.856. The second-order valence-corrected chi connectivity index (χ2v) is 2.71. The van der Waals surface area contributed by atoms with E-state index in [9.17, 15) is 8.78 Å². The summed E-state index contributed by atoms with van der Waals surface area (Å²) in [6.07, 6.45) is 0. The molecule has 0 aliphatic carbocycles. The van der Waals surface area contributed by atoms with Gasteiger partial charge in [-0.3, -0.25) is 0 Å². The Balaban J connectivity index is 3.08. The summed E-state index contributed by atoms with van der Waals surface area (Å²) in [6.45, 7) is -1.05. The number of alkyl halides is 1. The van der Waals surface area contributed by atoms with Gasteiger partial charge >= 0.3 is 0 Å². The zero-order chi connectivity index (χ0) is 9.14. The van der Waals surface area contributed by atoms with Crippen molar-refractivity contribution in [3.05, 3.63) is 28.0 Å². The van der Waals surface area contributed by atoms with Crippen molar-refractivity contribution in [3.8, 4) is 5.75 Å². The molecule has 1 nitrogen and oxygen atoms in total. The van der Waals surface area contributed by atoms with Gasteiger partial charge in [0.05, 0.1) is 5.02 Å². The highest BCUT2D eigenvalue weighted by molar-refractivity contribution is 6.35. The maximum Gasteiger partial charge on any atom is 0.228 e. The average molecular weight is 213 g/mol. The van der Waals surface area contributed by atoms with Crippen LogP contribution in [0.15, 0.2) is 12.1 Å². The Morgan fingerprint density at radius 3 is 2.58 bits per heavy atom. The van der Waals surface area contributed by atoms with E-state index in [4.69, 9.17) is 23.2 Å². The molecular weight excluding hydrogens is 209 g/mol. The van der Waals surface area contributed by atoms with Gasteiger partial charge in [-0.25, -0.2) is 8.78 Å². The Labute approximate surface area is 77.8 Å². The third-order valence-corrected chi connectivity index (χ3v) is 1.85. The van der Waals surface area contributed by atoms with Crippen molar-refractivity contribution in [3.63, 3.8) is 0 Å². The highest BCUT2D eigenvalue weighted by Crippen LogP contribution is 2.31. The first-order chi connectivity index (χ1) is 5.66. The predicted octanol–water partition coefficient (Wildman–Crippen LogP) is 3.44. The lowest BCUT2D eigenvalue weighted by Gasteiger charge is -2.04. The average Bonchev–Trinajstić information content (AvgIpc) is 2.07. The fraction of sp³-hybridized carbons (Fsp3) is 0.143. The van der Waals surface area contributed by atoms with Crippen LogP contribution in [0.4, 0.5) is 8.78 Å². The lowest BCUT2D eigenvalue weighted by atomic mass is 10.3. The van der Waals surface area contributed by atoms with Crippen LogP contribution in [-0.2, 0) is 0 Å². The van der Waals surface area contributed by atoms with E-state index in [1.807, 2.05) is 0 Å². The quantitative estimate of drug-likeness (QED) is 0.683. The summed E-state index contributed by atoms with van der Waals surface area (Å²) < 4.78 is 28.9. The second kappa shape index (κ2) is 3.92. The molecule has 0 saturated carbocycles. The van der Waals surface area contributed by atoms with Crippen LogP contribution < -0.4 is 4.74 Å². The number of hydrogen-bond donors (Lipinski definition) is 0. The Kier molecular flexibility index (Phi) is 3.12. The van der Waals surface area contributed by atoms with Crippen molar-refractivity contribution in [2.24, 2.45) is 0 Å². The van der Waals surface area contributed by atoms with Crippen LogP contribution in [0, 0.1) is 5.82 Å². The molecule has 0 N–H and O–H groups in total. The van der Waals surface area contributed by atoms with E-state index in [0.29, 0.717) is 0 Å². The minimum Gasteiger partial charge on any atom is -0.461 e. The Morgan fingerprint density at radius 1 is 1.33 bits per heavy atom. The summed E-state index contributed by atoms with van der Waals surface area (Å²) in [4.78, 5) is 0. The molecule has 0 aromatic heterocycles. The number of rotatable bonds is 2. The van der Waals surface area contributed by atoms with Crippen molar-refractivity contribution in [1.82, 2.24) is 0 Å². The van der Waals surface area contributed by atoms with Crippen LogP contribution in [0.5, 0.6) is 5.75 Å². The van der Waals surface area contributed by atoms with E-state index in [1.165, 1.54) is 12.1 Å². The van der Waals surface area contributed by atoms with Crippen molar-refractivity contribution >= 4 is 23.2 Å². The number of halogens is 4. The van der Waals surface area contributed by atoms with Gasteiger partial charge in [-0.05, 0) is 12.1 Å². The van der Waals surface area contributed by atoms with E-state index in [-0.39, 0.29) is 15.8 Å². The van der Waals surface area contributed by atoms with Gasteiger partial charge in [-0.2, -0.15) is 0 Å². The SMILES string of the molecule is FCOc1ccc(Cl)c(F)c1Cl. The maximum absolute atomic E-state index is 12.8. The lowest BCUT2D eigenvalue weighted by molar-refractivity contribution is 0.191. The molecule has 0 unspecified atom stereocenters. The molecule has 0 fully saturated rings. The zero-order valence-electron chi connectivity index (χ0n) is 5.78. The van der Waals surface area contributed by atoms with Gasteiger partial charge in [-0.15, -0.1) is 0 Å². The van der Waals surface area contributed by atoms with Gasteiger partial charge in [0, 0.05) is 0 Å². The van der Waals surface area contributed by atoms with E-state index >= 15 is 0 Å². The zero-order valence-corrected chi connectivity index (χ0v) is 7.29. The molecule has 1 aromatic carbocycles. The molecule has 5 heteroatoms. The molecule has 12 heavy (non-hydrogen) atoms. The van der Waals surface area contributed by atoms with Crippen LogP contribution in [0.25, 0.3) is 0 Å². The number of ether oxygens (including phenoxy) is 1. The van der Waals surface area contributed by atoms with Crippen molar-refractivity contribution in [1.29, 1.82) is 0 Å². The monoisotopic (exact) mass is 212 g/mol. The van der Waals surface area contributed by atoms with Crippen molar-refractivity contribution < 1.29 is 13.5 Å². The van der Waals surface area contributed by atoms with Gasteiger partial charge in [-0.1, -0.05) is 23.2 Å². The fourth-order valence-electron chi connectivity index (χ4n) is 0.678. The first kappa shape index (κ1) is 9.55. The third kappa shape index (κ3) is 1.79. The topological polar surface area (TPSA) is 9.23 Å². The molecule has 0 heterocycles. The van der Waals surface area contributed by atoms with E-state index < -0.39 is 12.7 Å². The summed E-state index contributed by atoms with van der Waals surface area (Å²) in [5.41, 5.74) is 0. The lowest BCUT2D eigenvalue weighted by Crippen LogP contribution is -1.92. The number of benzene rings is 1. The summed E-state index contributed by atoms with van der Waals surface area (Å²) in [5, 5.41) is -0.425. The molecule has 66 valence electrons. The molecule has 1 rings (SSSR count). The van der Waals surface area contributed by atoms with Gasteiger partial charge in [0.2, 0.25) is 6.86 Å². The molecule has 0 aliphatic heterocycles. The summed E-state index contributed by atoms with van der Waals surface area (Å²) in [6, 6.07) is 2.54. The normalized spacial score (nSPS) is 10.0. The second-order valence-electron chi connectivity index (χ2n) is 1.93. The first-order valence-electron chi connectivity index (χ1n) is 2.99. The van der Waals surface area contributed by atoms with Crippen LogP contribution in [-0.4, -0.2) is 6.86 Å². The first-order valence-corrected chi connectivity index (χ1v) is 3.74. The van der Waals surface area contributed by atoms with Crippen LogP contribution in [0.2, 0.25) is 10.0 Å². The van der Waals surface area contributed by atoms with Crippen LogP contribution in [0.1, 0.15) is 0 Å². The standard InChI is InChI=1S/C7H4Cl2F2O/c8-4-1-2-5(12-3-10)6(9)7(4)11/h1-2H,3H2. The Bertz CT molecular complexity index is 291. The number of hydrogen-bond acceptors (Lipinski definition) is 1. The van der Waals surface area contributed by atoms with Gasteiger partial charge in [0.25, 0.3) is 0 Å². The van der Waals surface area contributed by atoms with Gasteiger partial charge in [0.15, 0.2) is 5.82 Å². The molecule has 0 aliphatic rings. The Hall–Kier alpha value is -0.540. The largest absolute Gasteiger partial charge is 0.461 e. The van der Waals surface area contributed by atoms with E-state index in [2.05, 4.69) is 4.74 Å². The molecule has 1 aromatic rings. The third-order valence-electron chi connectivity index (χ3n) is 1.21. The van der Waals surface area contributed by atoms with Crippen molar-refractivity contribution in [2.75, 3.05) is 6.86 Å². The van der Waals surface area contributed by atoms with Crippen LogP contribution in [0.3, 0.4) is 0 Å². The molecule has 0 atom stereocenters. The summed E-state index contributed by atoms with van der Waals surface area (Å²) in [7, 11) is 0. The molecule has 0 saturated heterocycles. The highest BCUT2D eigenvalue weighted by Gasteiger charge is 2.10. The Morgan fingerprint density at radius 2 is 2.00 bits per heavy atom. The minimum absolute atomic E-state index is 0.0546. The van der Waals surface area contributed by atoms with Gasteiger partial charge < -0.3 is 4.74 Å². The molecule has 0 radical (unpaired) electrons. The fourth-order valence-corrected chi connectivity index (χ4v) is 1.10. The predicted molar refractivity (Wildman–Crippen MR) is 43.0 cm³/mol. The molecule has 0 bridgehead atoms. The van der Waals surface area contributed by atoms with Gasteiger partial charge in [0.1, 0.15) is 10.8 Å². The van der Waals surface area contributed by atoms with Crippen molar-refractivity contribution in [2.45, 2.75) is 0 Å². The maximum atomic E-state index is 12.8. The smallest absolute Gasteiger partial charge is 0.228 e. The molecular formula is C7H4Cl2F2O. The molecule has 0 spiro atoms. The van der Waals surface area contributed by atoms with Crippen LogP contribution >= 0.6 is 23.2 Å². The minimum atomic E-state index is -1.05. The highest BCUT2D eigenvalue weighted by atomic mass is 35.5. The molecule has 0 amide bonds. The summed E-state index contributed by atoms with van der Waals surface area (Å²) >= 11 is 10.8.